The van der Waals surface area contributed by atoms with Gasteiger partial charge in [0.25, 0.3) is 0 Å². The number of carbonyl (C=O) groups excluding carboxylic acids is 1. The average molecular weight is 374 g/mol. The summed E-state index contributed by atoms with van der Waals surface area (Å²) >= 11 is 0. The number of halogens is 1. The molecule has 0 aliphatic heterocycles. The van der Waals surface area contributed by atoms with Crippen molar-refractivity contribution in [1.29, 1.82) is 5.26 Å². The summed E-state index contributed by atoms with van der Waals surface area (Å²) in [5, 5.41) is 9.27. The van der Waals surface area contributed by atoms with Crippen molar-refractivity contribution in [2.24, 2.45) is 0 Å². The predicted molar refractivity (Wildman–Crippen MR) is 106 cm³/mol. The van der Waals surface area contributed by atoms with Crippen LogP contribution in [0.15, 0.2) is 72.4 Å². The van der Waals surface area contributed by atoms with Gasteiger partial charge in [0.1, 0.15) is 17.5 Å². The van der Waals surface area contributed by atoms with Gasteiger partial charge >= 0.3 is 5.97 Å². The summed E-state index contributed by atoms with van der Waals surface area (Å²) in [6, 6.07) is 19.9. The molecule has 0 aliphatic rings. The van der Waals surface area contributed by atoms with E-state index in [1.54, 1.807) is 37.4 Å². The number of rotatable bonds is 6. The molecule has 0 N–H and O–H groups in total. The second kappa shape index (κ2) is 8.83. The van der Waals surface area contributed by atoms with E-state index in [1.807, 2.05) is 41.0 Å². The fourth-order valence-electron chi connectivity index (χ4n) is 2.93. The molecular formula is C23H19FN2O2. The summed E-state index contributed by atoms with van der Waals surface area (Å²) < 4.78 is 21.2. The minimum atomic E-state index is -0.673. The fourth-order valence-corrected chi connectivity index (χ4v) is 2.93. The molecule has 0 bridgehead atoms. The number of ether oxygens (including phenoxy) is 1. The Balaban J connectivity index is 2.06. The molecule has 5 heteroatoms. The first kappa shape index (κ1) is 19.1. The number of nitrogens with zero attached hydrogens (tertiary/aromatic N) is 2. The second-order valence-electron chi connectivity index (χ2n) is 6.14. The summed E-state index contributed by atoms with van der Waals surface area (Å²) in [5.41, 5.74) is 2.69. The third kappa shape index (κ3) is 4.36. The normalized spacial score (nSPS) is 11.1. The number of benzene rings is 2. The zero-order valence-electron chi connectivity index (χ0n) is 15.4. The van der Waals surface area contributed by atoms with Gasteiger partial charge in [-0.15, -0.1) is 0 Å². The van der Waals surface area contributed by atoms with E-state index in [4.69, 9.17) is 4.74 Å². The lowest BCUT2D eigenvalue weighted by molar-refractivity contribution is -0.137. The maximum atomic E-state index is 14.4. The van der Waals surface area contributed by atoms with Crippen molar-refractivity contribution in [2.75, 3.05) is 6.61 Å². The number of hydrogen-bond donors (Lipinski definition) is 0. The number of aromatic nitrogens is 1. The Morgan fingerprint density at radius 2 is 1.89 bits per heavy atom. The van der Waals surface area contributed by atoms with E-state index in [9.17, 15) is 14.4 Å². The van der Waals surface area contributed by atoms with Gasteiger partial charge in [-0.05, 0) is 42.3 Å². The van der Waals surface area contributed by atoms with Crippen molar-refractivity contribution in [3.8, 4) is 17.3 Å². The van der Waals surface area contributed by atoms with Crippen LogP contribution in [0.4, 0.5) is 4.39 Å². The molecule has 2 aromatic carbocycles. The molecule has 28 heavy (non-hydrogen) atoms. The lowest BCUT2D eigenvalue weighted by atomic mass is 10.1. The third-order valence-corrected chi connectivity index (χ3v) is 4.19. The minimum Gasteiger partial charge on any atom is -0.462 e. The van der Waals surface area contributed by atoms with Gasteiger partial charge in [0.15, 0.2) is 0 Å². The van der Waals surface area contributed by atoms with E-state index in [0.29, 0.717) is 23.4 Å². The number of carbonyl (C=O) groups is 1. The average Bonchev–Trinajstić information content (AvgIpc) is 3.09. The Hall–Kier alpha value is -3.65. The lowest BCUT2D eigenvalue weighted by Gasteiger charge is -2.10. The SMILES string of the molecule is CCOC(=O)/C(C#N)=C/c1cc(-c2ccccc2F)n(Cc2ccccc2)c1. The van der Waals surface area contributed by atoms with Crippen LogP contribution in [-0.4, -0.2) is 17.1 Å². The zero-order valence-corrected chi connectivity index (χ0v) is 15.4. The molecule has 0 saturated heterocycles. The monoisotopic (exact) mass is 374 g/mol. The summed E-state index contributed by atoms with van der Waals surface area (Å²) in [7, 11) is 0. The summed E-state index contributed by atoms with van der Waals surface area (Å²) in [6.45, 7) is 2.40. The van der Waals surface area contributed by atoms with Gasteiger partial charge in [-0.1, -0.05) is 42.5 Å². The first-order valence-electron chi connectivity index (χ1n) is 8.90. The third-order valence-electron chi connectivity index (χ3n) is 4.19. The first-order chi connectivity index (χ1) is 13.6. The van der Waals surface area contributed by atoms with E-state index in [-0.39, 0.29) is 18.0 Å². The van der Waals surface area contributed by atoms with Crippen LogP contribution in [-0.2, 0) is 16.1 Å². The van der Waals surface area contributed by atoms with Crippen molar-refractivity contribution in [3.63, 3.8) is 0 Å². The van der Waals surface area contributed by atoms with Crippen LogP contribution in [0.1, 0.15) is 18.1 Å². The van der Waals surface area contributed by atoms with Crippen molar-refractivity contribution >= 4 is 12.0 Å². The topological polar surface area (TPSA) is 55.0 Å². The van der Waals surface area contributed by atoms with Crippen LogP contribution < -0.4 is 0 Å². The number of nitriles is 1. The van der Waals surface area contributed by atoms with Gasteiger partial charge in [0.05, 0.1) is 12.3 Å². The highest BCUT2D eigenvalue weighted by molar-refractivity contribution is 5.98. The molecule has 3 aromatic rings. The summed E-state index contributed by atoms with van der Waals surface area (Å²) in [6.07, 6.45) is 3.26. The van der Waals surface area contributed by atoms with Crippen LogP contribution >= 0.6 is 0 Å². The van der Waals surface area contributed by atoms with Gasteiger partial charge in [0.2, 0.25) is 0 Å². The van der Waals surface area contributed by atoms with Gasteiger partial charge in [-0.25, -0.2) is 9.18 Å². The van der Waals surface area contributed by atoms with Crippen LogP contribution in [0.5, 0.6) is 0 Å². The van der Waals surface area contributed by atoms with E-state index < -0.39 is 5.97 Å². The highest BCUT2D eigenvalue weighted by Gasteiger charge is 2.14. The van der Waals surface area contributed by atoms with Crippen molar-refractivity contribution in [2.45, 2.75) is 13.5 Å². The van der Waals surface area contributed by atoms with Crippen LogP contribution in [0, 0.1) is 17.1 Å². The molecule has 3 rings (SSSR count). The molecule has 1 aromatic heterocycles. The largest absolute Gasteiger partial charge is 0.462 e. The highest BCUT2D eigenvalue weighted by Crippen LogP contribution is 2.27. The van der Waals surface area contributed by atoms with E-state index in [2.05, 4.69) is 0 Å². The molecular weight excluding hydrogens is 355 g/mol. The zero-order chi connectivity index (χ0) is 19.9. The summed E-state index contributed by atoms with van der Waals surface area (Å²) in [5.74, 6) is -1.01. The van der Waals surface area contributed by atoms with Crippen LogP contribution in [0.2, 0.25) is 0 Å². The molecule has 4 nitrogen and oxygen atoms in total. The second-order valence-corrected chi connectivity index (χ2v) is 6.14. The van der Waals surface area contributed by atoms with Gasteiger partial charge in [-0.3, -0.25) is 0 Å². The predicted octanol–water partition coefficient (Wildman–Crippen LogP) is 4.81. The Bertz CT molecular complexity index is 1050. The molecule has 0 radical (unpaired) electrons. The van der Waals surface area contributed by atoms with Crippen LogP contribution in [0.3, 0.4) is 0 Å². The molecule has 0 unspecified atom stereocenters. The van der Waals surface area contributed by atoms with E-state index in [0.717, 1.165) is 5.56 Å². The lowest BCUT2D eigenvalue weighted by Crippen LogP contribution is -2.05. The Morgan fingerprint density at radius 3 is 2.57 bits per heavy atom. The quantitative estimate of drug-likeness (QED) is 0.353. The molecule has 0 saturated carbocycles. The maximum Gasteiger partial charge on any atom is 0.348 e. The highest BCUT2D eigenvalue weighted by atomic mass is 19.1. The smallest absolute Gasteiger partial charge is 0.348 e. The minimum absolute atomic E-state index is 0.0983. The summed E-state index contributed by atoms with van der Waals surface area (Å²) in [4.78, 5) is 11.9. The fraction of sp³-hybridized carbons (Fsp3) is 0.130. The molecule has 0 aliphatic carbocycles. The molecule has 0 fully saturated rings. The molecule has 0 atom stereocenters. The van der Waals surface area contributed by atoms with Crippen molar-refractivity contribution in [1.82, 2.24) is 4.57 Å². The standard InChI is InChI=1S/C23H19FN2O2/c1-2-28-23(27)19(14-25)12-18-13-22(20-10-6-7-11-21(20)24)26(16-18)15-17-8-4-3-5-9-17/h3-13,16H,2,15H2,1H3/b19-12+. The van der Waals surface area contributed by atoms with Crippen molar-refractivity contribution < 1.29 is 13.9 Å². The van der Waals surface area contributed by atoms with Gasteiger partial charge < -0.3 is 9.30 Å². The van der Waals surface area contributed by atoms with Gasteiger partial charge in [-0.2, -0.15) is 5.26 Å². The van der Waals surface area contributed by atoms with Gasteiger partial charge in [0, 0.05) is 18.3 Å². The van der Waals surface area contributed by atoms with E-state index in [1.165, 1.54) is 12.1 Å². The van der Waals surface area contributed by atoms with E-state index >= 15 is 0 Å². The molecule has 0 spiro atoms. The Kier molecular flexibility index (Phi) is 6.03. The molecule has 1 heterocycles. The maximum absolute atomic E-state index is 14.4. The Morgan fingerprint density at radius 1 is 1.18 bits per heavy atom. The number of hydrogen-bond acceptors (Lipinski definition) is 3. The van der Waals surface area contributed by atoms with Crippen LogP contribution in [0.25, 0.3) is 17.3 Å². The molecule has 0 amide bonds. The Labute approximate surface area is 163 Å². The molecule has 140 valence electrons. The van der Waals surface area contributed by atoms with Crippen molar-refractivity contribution in [3.05, 3.63) is 89.4 Å². The first-order valence-corrected chi connectivity index (χ1v) is 8.90. The number of esters is 1.